The SMILES string of the molecule is CP(=O)([O-])CCC(N)C(=O)O.[Na+]. The molecule has 0 saturated heterocycles. The first-order valence-corrected chi connectivity index (χ1v) is 5.34. The van der Waals surface area contributed by atoms with Gasteiger partial charge in [-0.15, -0.1) is 0 Å². The summed E-state index contributed by atoms with van der Waals surface area (Å²) < 4.78 is 10.5. The minimum absolute atomic E-state index is 0. The summed E-state index contributed by atoms with van der Waals surface area (Å²) in [5.41, 5.74) is 5.06. The van der Waals surface area contributed by atoms with E-state index in [1.807, 2.05) is 0 Å². The number of carboxylic acids is 1. The standard InChI is InChI=1S/C5H12NO4P.Na/c1-11(9,10)3-2-4(6)5(7)8;/h4H,2-3,6H2,1H3,(H,7,8)(H,9,10);/q;+1/p-1. The van der Waals surface area contributed by atoms with Gasteiger partial charge in [-0.05, 0) is 19.2 Å². The Labute approximate surface area is 93.1 Å². The summed E-state index contributed by atoms with van der Waals surface area (Å²) in [5.74, 6) is -1.17. The van der Waals surface area contributed by atoms with Crippen LogP contribution in [0.25, 0.3) is 0 Å². The molecule has 5 nitrogen and oxygen atoms in total. The summed E-state index contributed by atoms with van der Waals surface area (Å²) in [6.45, 7) is 1.07. The van der Waals surface area contributed by atoms with Crippen molar-refractivity contribution in [3.05, 3.63) is 0 Å². The van der Waals surface area contributed by atoms with Crippen molar-refractivity contribution in [2.24, 2.45) is 5.73 Å². The Kier molecular flexibility index (Phi) is 7.72. The van der Waals surface area contributed by atoms with Gasteiger partial charge in [-0.2, -0.15) is 0 Å². The van der Waals surface area contributed by atoms with E-state index in [4.69, 9.17) is 10.8 Å². The molecule has 3 N–H and O–H groups in total. The normalized spacial score (nSPS) is 17.2. The molecule has 0 aliphatic rings. The Hall–Kier alpha value is 0.620. The van der Waals surface area contributed by atoms with Gasteiger partial charge in [0.05, 0.1) is 0 Å². The largest absolute Gasteiger partial charge is 1.00 e. The van der Waals surface area contributed by atoms with Gasteiger partial charge in [-0.3, -0.25) is 4.79 Å². The molecule has 0 saturated carbocycles. The molecule has 2 atom stereocenters. The molecule has 0 fully saturated rings. The first-order valence-electron chi connectivity index (χ1n) is 3.09. The van der Waals surface area contributed by atoms with Crippen LogP contribution < -0.4 is 40.2 Å². The van der Waals surface area contributed by atoms with Crippen molar-refractivity contribution in [1.29, 1.82) is 0 Å². The summed E-state index contributed by atoms with van der Waals surface area (Å²) in [5, 5.41) is 8.26. The van der Waals surface area contributed by atoms with E-state index in [1.54, 1.807) is 0 Å². The molecule has 0 aromatic carbocycles. The molecule has 0 radical (unpaired) electrons. The van der Waals surface area contributed by atoms with Crippen LogP contribution in [0.1, 0.15) is 6.42 Å². The zero-order valence-electron chi connectivity index (χ0n) is 7.19. The van der Waals surface area contributed by atoms with Gasteiger partial charge in [0.2, 0.25) is 0 Å². The first kappa shape index (κ1) is 15.1. The topological polar surface area (TPSA) is 103 Å². The van der Waals surface area contributed by atoms with Gasteiger partial charge in [0.1, 0.15) is 6.04 Å². The maximum Gasteiger partial charge on any atom is 1.00 e. The maximum absolute atomic E-state index is 10.5. The molecule has 66 valence electrons. The first-order chi connectivity index (χ1) is 4.83. The van der Waals surface area contributed by atoms with E-state index in [9.17, 15) is 14.3 Å². The van der Waals surface area contributed by atoms with Gasteiger partial charge in [-0.1, -0.05) is 0 Å². The van der Waals surface area contributed by atoms with Crippen molar-refractivity contribution in [2.75, 3.05) is 12.8 Å². The molecular formula is C5H11NNaO4P. The molecule has 0 spiro atoms. The van der Waals surface area contributed by atoms with Crippen LogP contribution in [-0.2, 0) is 9.36 Å². The summed E-state index contributed by atoms with van der Waals surface area (Å²) in [4.78, 5) is 20.6. The minimum Gasteiger partial charge on any atom is -0.799 e. The van der Waals surface area contributed by atoms with Gasteiger partial charge in [0.25, 0.3) is 0 Å². The van der Waals surface area contributed by atoms with Gasteiger partial charge in [-0.25, -0.2) is 0 Å². The fourth-order valence-corrected chi connectivity index (χ4v) is 1.24. The smallest absolute Gasteiger partial charge is 0.799 e. The number of nitrogens with two attached hydrogens (primary N) is 1. The molecule has 0 bridgehead atoms. The predicted molar refractivity (Wildman–Crippen MR) is 38.6 cm³/mol. The van der Waals surface area contributed by atoms with Crippen LogP contribution in [0.2, 0.25) is 0 Å². The van der Waals surface area contributed by atoms with Crippen molar-refractivity contribution in [3.63, 3.8) is 0 Å². The molecule has 7 heteroatoms. The number of hydrogen-bond acceptors (Lipinski definition) is 4. The average molecular weight is 203 g/mol. The Bertz CT molecular complexity index is 192. The molecule has 2 unspecified atom stereocenters. The minimum atomic E-state index is -3.35. The molecule has 0 aliphatic heterocycles. The fraction of sp³-hybridized carbons (Fsp3) is 0.800. The van der Waals surface area contributed by atoms with Crippen LogP contribution in [0, 0.1) is 0 Å². The van der Waals surface area contributed by atoms with E-state index in [2.05, 4.69) is 0 Å². The Morgan fingerprint density at radius 3 is 2.42 bits per heavy atom. The number of carbonyl (C=O) groups is 1. The number of rotatable bonds is 4. The monoisotopic (exact) mass is 203 g/mol. The van der Waals surface area contributed by atoms with E-state index < -0.39 is 19.4 Å². The predicted octanol–water partition coefficient (Wildman–Crippen LogP) is -3.94. The third-order valence-electron chi connectivity index (χ3n) is 1.16. The van der Waals surface area contributed by atoms with E-state index in [0.29, 0.717) is 0 Å². The van der Waals surface area contributed by atoms with Gasteiger partial charge in [0, 0.05) is 7.37 Å². The second kappa shape index (κ2) is 6.13. The van der Waals surface area contributed by atoms with E-state index in [-0.39, 0.29) is 42.1 Å². The quantitative estimate of drug-likeness (QED) is 0.358. The van der Waals surface area contributed by atoms with Crippen LogP contribution in [-0.4, -0.2) is 29.9 Å². The summed E-state index contributed by atoms with van der Waals surface area (Å²) in [6, 6.07) is -1.07. The van der Waals surface area contributed by atoms with Crippen LogP contribution in [0.3, 0.4) is 0 Å². The second-order valence-corrected chi connectivity index (χ2v) is 4.95. The van der Waals surface area contributed by atoms with Crippen molar-refractivity contribution < 1.29 is 48.9 Å². The number of hydrogen-bond donors (Lipinski definition) is 2. The van der Waals surface area contributed by atoms with Gasteiger partial charge >= 0.3 is 35.5 Å². The molecular weight excluding hydrogens is 192 g/mol. The summed E-state index contributed by atoms with van der Waals surface area (Å²) >= 11 is 0. The van der Waals surface area contributed by atoms with E-state index >= 15 is 0 Å². The van der Waals surface area contributed by atoms with Crippen LogP contribution in [0.15, 0.2) is 0 Å². The van der Waals surface area contributed by atoms with E-state index in [0.717, 1.165) is 6.66 Å². The zero-order chi connectivity index (χ0) is 9.07. The molecule has 0 heterocycles. The third-order valence-corrected chi connectivity index (χ3v) is 2.23. The Balaban J connectivity index is 0. The van der Waals surface area contributed by atoms with Crippen LogP contribution in [0.4, 0.5) is 0 Å². The molecule has 0 aromatic rings. The number of carboxylic acid groups (broad SMARTS) is 1. The molecule has 12 heavy (non-hydrogen) atoms. The molecule has 0 aromatic heterocycles. The second-order valence-electron chi connectivity index (χ2n) is 2.47. The van der Waals surface area contributed by atoms with Gasteiger partial charge in [0.15, 0.2) is 0 Å². The molecule has 0 aliphatic carbocycles. The molecule has 0 rings (SSSR count). The van der Waals surface area contributed by atoms with Crippen molar-refractivity contribution in [1.82, 2.24) is 0 Å². The summed E-state index contributed by atoms with van der Waals surface area (Å²) in [7, 11) is -3.35. The van der Waals surface area contributed by atoms with Crippen molar-refractivity contribution in [3.8, 4) is 0 Å². The molecule has 0 amide bonds. The summed E-state index contributed by atoms with van der Waals surface area (Å²) in [6.07, 6.45) is -0.174. The van der Waals surface area contributed by atoms with E-state index in [1.165, 1.54) is 0 Å². The van der Waals surface area contributed by atoms with Crippen molar-refractivity contribution in [2.45, 2.75) is 12.5 Å². The van der Waals surface area contributed by atoms with Crippen molar-refractivity contribution >= 4 is 13.3 Å². The zero-order valence-corrected chi connectivity index (χ0v) is 10.1. The number of aliphatic carboxylic acids is 1. The third kappa shape index (κ3) is 8.71. The Morgan fingerprint density at radius 1 is 1.75 bits per heavy atom. The van der Waals surface area contributed by atoms with Gasteiger partial charge < -0.3 is 20.3 Å². The maximum atomic E-state index is 10.5. The van der Waals surface area contributed by atoms with Crippen LogP contribution >= 0.6 is 7.37 Å². The Morgan fingerprint density at radius 2 is 2.17 bits per heavy atom. The fourth-order valence-electron chi connectivity index (χ4n) is 0.497. The average Bonchev–Trinajstić information content (AvgIpc) is 1.80. The van der Waals surface area contributed by atoms with Crippen LogP contribution in [0.5, 0.6) is 0 Å².